The van der Waals surface area contributed by atoms with Crippen LogP contribution in [0.5, 0.6) is 0 Å². The number of hydrogen-bond donors (Lipinski definition) is 2. The van der Waals surface area contributed by atoms with Crippen molar-refractivity contribution in [2.45, 2.75) is 30.3 Å². The summed E-state index contributed by atoms with van der Waals surface area (Å²) >= 11 is 0. The maximum atomic E-state index is 12.9. The first-order valence-corrected chi connectivity index (χ1v) is 8.57. The SMILES string of the molecule is CN1C(=O)C2(CCN(C[C@@]3(O)CCNC3)CC2)c2ccccc21. The maximum Gasteiger partial charge on any atom is 0.237 e. The quantitative estimate of drug-likeness (QED) is 0.844. The van der Waals surface area contributed by atoms with E-state index in [2.05, 4.69) is 16.3 Å². The van der Waals surface area contributed by atoms with Crippen LogP contribution in [0.1, 0.15) is 24.8 Å². The molecule has 3 aliphatic rings. The summed E-state index contributed by atoms with van der Waals surface area (Å²) in [5.74, 6) is 0.236. The van der Waals surface area contributed by atoms with Crippen LogP contribution in [-0.4, -0.2) is 61.3 Å². The van der Waals surface area contributed by atoms with Crippen LogP contribution in [0.15, 0.2) is 24.3 Å². The Balaban J connectivity index is 1.52. The number of anilines is 1. The van der Waals surface area contributed by atoms with Crippen LogP contribution in [0.2, 0.25) is 0 Å². The maximum absolute atomic E-state index is 12.9. The predicted octanol–water partition coefficient (Wildman–Crippen LogP) is 0.721. The first-order valence-electron chi connectivity index (χ1n) is 8.57. The summed E-state index contributed by atoms with van der Waals surface area (Å²) in [6.45, 7) is 4.03. The molecule has 2 N–H and O–H groups in total. The highest BCUT2D eigenvalue weighted by Gasteiger charge is 2.51. The zero-order valence-corrected chi connectivity index (χ0v) is 13.7. The molecule has 23 heavy (non-hydrogen) atoms. The molecule has 2 saturated heterocycles. The van der Waals surface area contributed by atoms with Gasteiger partial charge in [-0.25, -0.2) is 0 Å². The van der Waals surface area contributed by atoms with E-state index in [9.17, 15) is 9.90 Å². The highest BCUT2D eigenvalue weighted by atomic mass is 16.3. The largest absolute Gasteiger partial charge is 0.387 e. The monoisotopic (exact) mass is 315 g/mol. The van der Waals surface area contributed by atoms with E-state index in [1.165, 1.54) is 5.56 Å². The number of hydrogen-bond acceptors (Lipinski definition) is 4. The number of likely N-dealkylation sites (N-methyl/N-ethyl adjacent to an activating group) is 1. The predicted molar refractivity (Wildman–Crippen MR) is 89.6 cm³/mol. The first kappa shape index (κ1) is 15.1. The van der Waals surface area contributed by atoms with Gasteiger partial charge in [0.05, 0.1) is 11.0 Å². The van der Waals surface area contributed by atoms with Crippen LogP contribution in [0.25, 0.3) is 0 Å². The number of para-hydroxylation sites is 1. The lowest BCUT2D eigenvalue weighted by atomic mass is 9.73. The van der Waals surface area contributed by atoms with E-state index >= 15 is 0 Å². The third-order valence-electron chi connectivity index (χ3n) is 5.94. The molecule has 5 nitrogen and oxygen atoms in total. The van der Waals surface area contributed by atoms with E-state index < -0.39 is 5.60 Å². The molecular weight excluding hydrogens is 290 g/mol. The molecular formula is C18H25N3O2. The number of piperidine rings is 1. The number of benzene rings is 1. The minimum absolute atomic E-state index is 0.236. The number of nitrogens with one attached hydrogen (secondary N) is 1. The van der Waals surface area contributed by atoms with Gasteiger partial charge in [-0.1, -0.05) is 18.2 Å². The van der Waals surface area contributed by atoms with E-state index in [1.54, 1.807) is 0 Å². The van der Waals surface area contributed by atoms with Gasteiger partial charge in [0.25, 0.3) is 0 Å². The molecule has 124 valence electrons. The molecule has 0 aromatic heterocycles. The van der Waals surface area contributed by atoms with E-state index in [4.69, 9.17) is 0 Å². The van der Waals surface area contributed by atoms with Crippen molar-refractivity contribution in [3.8, 4) is 0 Å². The van der Waals surface area contributed by atoms with Gasteiger partial charge < -0.3 is 20.2 Å². The van der Waals surface area contributed by atoms with Gasteiger partial charge in [0.2, 0.25) is 5.91 Å². The highest BCUT2D eigenvalue weighted by molar-refractivity contribution is 6.07. The molecule has 0 saturated carbocycles. The summed E-state index contributed by atoms with van der Waals surface area (Å²) in [6.07, 6.45) is 2.51. The normalized spacial score (nSPS) is 30.2. The minimum atomic E-state index is -0.598. The lowest BCUT2D eigenvalue weighted by Crippen LogP contribution is -2.52. The lowest BCUT2D eigenvalue weighted by Gasteiger charge is -2.40. The van der Waals surface area contributed by atoms with Crippen LogP contribution < -0.4 is 10.2 Å². The zero-order chi connectivity index (χ0) is 16.1. The molecule has 4 rings (SSSR count). The lowest BCUT2D eigenvalue weighted by molar-refractivity contribution is -0.124. The summed E-state index contributed by atoms with van der Waals surface area (Å²) in [5, 5.41) is 13.8. The van der Waals surface area contributed by atoms with Gasteiger partial charge in [-0.2, -0.15) is 0 Å². The average Bonchev–Trinajstić information content (AvgIpc) is 3.07. The molecule has 1 amide bonds. The minimum Gasteiger partial charge on any atom is -0.387 e. The molecule has 5 heteroatoms. The molecule has 0 unspecified atom stereocenters. The van der Waals surface area contributed by atoms with Gasteiger partial charge >= 0.3 is 0 Å². The van der Waals surface area contributed by atoms with Gasteiger partial charge in [0, 0.05) is 25.8 Å². The van der Waals surface area contributed by atoms with Crippen molar-refractivity contribution < 1.29 is 9.90 Å². The van der Waals surface area contributed by atoms with Gasteiger partial charge in [-0.15, -0.1) is 0 Å². The number of nitrogens with zero attached hydrogens (tertiary/aromatic N) is 2. The molecule has 3 aliphatic heterocycles. The Morgan fingerprint density at radius 2 is 1.96 bits per heavy atom. The van der Waals surface area contributed by atoms with Crippen molar-refractivity contribution in [3.63, 3.8) is 0 Å². The average molecular weight is 315 g/mol. The second-order valence-electron chi connectivity index (χ2n) is 7.39. The summed E-state index contributed by atoms with van der Waals surface area (Å²) < 4.78 is 0. The van der Waals surface area contributed by atoms with Crippen LogP contribution in [0.3, 0.4) is 0 Å². The first-order chi connectivity index (χ1) is 11.0. The fourth-order valence-electron chi connectivity index (χ4n) is 4.57. The third-order valence-corrected chi connectivity index (χ3v) is 5.94. The van der Waals surface area contributed by atoms with Crippen LogP contribution >= 0.6 is 0 Å². The molecule has 2 fully saturated rings. The van der Waals surface area contributed by atoms with Gasteiger partial charge in [-0.3, -0.25) is 4.79 Å². The van der Waals surface area contributed by atoms with Crippen molar-refractivity contribution in [1.82, 2.24) is 10.2 Å². The number of rotatable bonds is 2. The second-order valence-corrected chi connectivity index (χ2v) is 7.39. The Bertz CT molecular complexity index is 616. The van der Waals surface area contributed by atoms with Crippen molar-refractivity contribution >= 4 is 11.6 Å². The Morgan fingerprint density at radius 3 is 2.65 bits per heavy atom. The smallest absolute Gasteiger partial charge is 0.237 e. The fraction of sp³-hybridized carbons (Fsp3) is 0.611. The van der Waals surface area contributed by atoms with Crippen molar-refractivity contribution in [2.24, 2.45) is 0 Å². The Morgan fingerprint density at radius 1 is 1.22 bits per heavy atom. The number of aliphatic hydroxyl groups is 1. The molecule has 3 heterocycles. The number of amides is 1. The third kappa shape index (κ3) is 2.30. The van der Waals surface area contributed by atoms with Crippen LogP contribution in [0, 0.1) is 0 Å². The van der Waals surface area contributed by atoms with Crippen LogP contribution in [0.4, 0.5) is 5.69 Å². The van der Waals surface area contributed by atoms with E-state index in [-0.39, 0.29) is 11.3 Å². The highest BCUT2D eigenvalue weighted by Crippen LogP contribution is 2.47. The topological polar surface area (TPSA) is 55.8 Å². The molecule has 1 aromatic rings. The second kappa shape index (κ2) is 5.30. The van der Waals surface area contributed by atoms with Crippen molar-refractivity contribution in [2.75, 3.05) is 44.7 Å². The van der Waals surface area contributed by atoms with Crippen molar-refractivity contribution in [3.05, 3.63) is 29.8 Å². The van der Waals surface area contributed by atoms with E-state index in [1.807, 2.05) is 30.1 Å². The number of carbonyl (C=O) groups is 1. The molecule has 1 aromatic carbocycles. The van der Waals surface area contributed by atoms with Gasteiger partial charge in [-0.05, 0) is 50.5 Å². The van der Waals surface area contributed by atoms with E-state index in [0.29, 0.717) is 13.1 Å². The standard InChI is InChI=1S/C18H25N3O2/c1-20-15-5-3-2-4-14(15)18(16(20)22)7-10-21(11-8-18)13-17(23)6-9-19-12-17/h2-5,19,23H,6-13H2,1H3/t17-/m1/s1. The summed E-state index contributed by atoms with van der Waals surface area (Å²) in [5.41, 5.74) is 1.30. The molecule has 0 aliphatic carbocycles. The number of β-amino-alcohol motifs (C(OH)–C–C–N with tert-alkyl or cyclic N) is 1. The zero-order valence-electron chi connectivity index (χ0n) is 13.7. The van der Waals surface area contributed by atoms with Crippen molar-refractivity contribution in [1.29, 1.82) is 0 Å². The fourth-order valence-corrected chi connectivity index (χ4v) is 4.57. The number of carbonyl (C=O) groups excluding carboxylic acids is 1. The summed E-state index contributed by atoms with van der Waals surface area (Å²) in [7, 11) is 1.88. The van der Waals surface area contributed by atoms with Gasteiger partial charge in [0.15, 0.2) is 0 Å². The molecule has 1 spiro atoms. The molecule has 0 radical (unpaired) electrons. The van der Waals surface area contributed by atoms with E-state index in [0.717, 1.165) is 44.6 Å². The Kier molecular flexibility index (Phi) is 3.48. The molecule has 1 atom stereocenters. The Hall–Kier alpha value is -1.43. The van der Waals surface area contributed by atoms with Crippen LogP contribution in [-0.2, 0) is 10.2 Å². The number of likely N-dealkylation sites (tertiary alicyclic amines) is 1. The molecule has 0 bridgehead atoms. The summed E-state index contributed by atoms with van der Waals surface area (Å²) in [4.78, 5) is 17.0. The summed E-state index contributed by atoms with van der Waals surface area (Å²) in [6, 6.07) is 8.19. The van der Waals surface area contributed by atoms with Gasteiger partial charge in [0.1, 0.15) is 0 Å². The Labute approximate surface area is 137 Å². The number of fused-ring (bicyclic) bond motifs is 2.